The fourth-order valence-corrected chi connectivity index (χ4v) is 3.10. The maximum Gasteiger partial charge on any atom is 0.0593 e. The minimum atomic E-state index is 0.378. The van der Waals surface area contributed by atoms with Crippen molar-refractivity contribution in [1.29, 1.82) is 0 Å². The molecule has 1 fully saturated rings. The number of nitrogens with zero attached hydrogens (tertiary/aromatic N) is 1. The fourth-order valence-electron chi connectivity index (χ4n) is 3.10. The van der Waals surface area contributed by atoms with E-state index in [1.807, 2.05) is 6.92 Å². The van der Waals surface area contributed by atoms with Crippen LogP contribution in [-0.4, -0.2) is 44.3 Å². The first-order valence-corrected chi connectivity index (χ1v) is 7.06. The summed E-state index contributed by atoms with van der Waals surface area (Å²) in [5, 5.41) is 0. The molecule has 1 aliphatic carbocycles. The molecule has 0 radical (unpaired) electrons. The highest BCUT2D eigenvalue weighted by Crippen LogP contribution is 2.33. The van der Waals surface area contributed by atoms with E-state index in [0.717, 1.165) is 38.1 Å². The third-order valence-electron chi connectivity index (χ3n) is 4.07. The Kier molecular flexibility index (Phi) is 6.45. The lowest BCUT2D eigenvalue weighted by molar-refractivity contribution is 0.0922. The van der Waals surface area contributed by atoms with Crippen LogP contribution in [0, 0.1) is 17.8 Å². The smallest absolute Gasteiger partial charge is 0.0593 e. The lowest BCUT2D eigenvalue weighted by Gasteiger charge is -2.39. The molecule has 17 heavy (non-hydrogen) atoms. The second-order valence-electron chi connectivity index (χ2n) is 5.84. The zero-order chi connectivity index (χ0) is 12.8. The number of hydrogen-bond acceptors (Lipinski definition) is 3. The third-order valence-corrected chi connectivity index (χ3v) is 4.07. The van der Waals surface area contributed by atoms with Crippen molar-refractivity contribution in [3.8, 4) is 0 Å². The van der Waals surface area contributed by atoms with Gasteiger partial charge in [-0.25, -0.2) is 0 Å². The Hall–Kier alpha value is -0.120. The molecule has 4 unspecified atom stereocenters. The molecule has 0 heterocycles. The normalized spacial score (nSPS) is 34.2. The second kappa shape index (κ2) is 7.34. The molecule has 1 rings (SSSR count). The molecule has 0 bridgehead atoms. The van der Waals surface area contributed by atoms with Gasteiger partial charge < -0.3 is 15.4 Å². The summed E-state index contributed by atoms with van der Waals surface area (Å²) in [6.07, 6.45) is 2.52. The summed E-state index contributed by atoms with van der Waals surface area (Å²) < 4.78 is 5.39. The summed E-state index contributed by atoms with van der Waals surface area (Å²) >= 11 is 0. The molecule has 3 heteroatoms. The van der Waals surface area contributed by atoms with Gasteiger partial charge in [0.1, 0.15) is 0 Å². The van der Waals surface area contributed by atoms with E-state index in [0.29, 0.717) is 12.0 Å². The maximum absolute atomic E-state index is 6.31. The Balaban J connectivity index is 2.33. The van der Waals surface area contributed by atoms with E-state index in [-0.39, 0.29) is 0 Å². The molecule has 1 aliphatic rings. The quantitative estimate of drug-likeness (QED) is 0.724. The van der Waals surface area contributed by atoms with Gasteiger partial charge in [0.15, 0.2) is 0 Å². The molecular formula is C14H30N2O. The zero-order valence-corrected chi connectivity index (χ0v) is 12.0. The van der Waals surface area contributed by atoms with Gasteiger partial charge in [-0.3, -0.25) is 0 Å². The van der Waals surface area contributed by atoms with Crippen LogP contribution in [0.4, 0.5) is 0 Å². The van der Waals surface area contributed by atoms with Crippen LogP contribution in [-0.2, 0) is 4.74 Å². The van der Waals surface area contributed by atoms with Crippen molar-refractivity contribution in [3.63, 3.8) is 0 Å². The van der Waals surface area contributed by atoms with Gasteiger partial charge in [-0.15, -0.1) is 0 Å². The van der Waals surface area contributed by atoms with Gasteiger partial charge in [0, 0.05) is 25.7 Å². The number of hydrogen-bond donors (Lipinski definition) is 1. The van der Waals surface area contributed by atoms with Crippen molar-refractivity contribution in [1.82, 2.24) is 4.90 Å². The highest BCUT2D eigenvalue weighted by molar-refractivity contribution is 4.86. The molecule has 0 aromatic rings. The van der Waals surface area contributed by atoms with Crippen LogP contribution >= 0.6 is 0 Å². The van der Waals surface area contributed by atoms with Gasteiger partial charge in [-0.05, 0) is 44.6 Å². The summed E-state index contributed by atoms with van der Waals surface area (Å²) in [6, 6.07) is 0.378. The number of nitrogens with two attached hydrogens (primary N) is 1. The molecule has 0 aromatic carbocycles. The largest absolute Gasteiger partial charge is 0.380 e. The highest BCUT2D eigenvalue weighted by Gasteiger charge is 2.32. The zero-order valence-electron chi connectivity index (χ0n) is 12.0. The molecule has 3 nitrogen and oxygen atoms in total. The van der Waals surface area contributed by atoms with E-state index in [1.54, 1.807) is 0 Å². The van der Waals surface area contributed by atoms with Crippen molar-refractivity contribution in [2.45, 2.75) is 39.7 Å². The van der Waals surface area contributed by atoms with Gasteiger partial charge in [0.2, 0.25) is 0 Å². The molecule has 0 saturated heterocycles. The first-order valence-electron chi connectivity index (χ1n) is 7.06. The summed E-state index contributed by atoms with van der Waals surface area (Å²) in [6.45, 7) is 10.5. The molecular weight excluding hydrogens is 212 g/mol. The topological polar surface area (TPSA) is 38.5 Å². The van der Waals surface area contributed by atoms with Gasteiger partial charge in [0.25, 0.3) is 0 Å². The molecule has 0 aromatic heterocycles. The van der Waals surface area contributed by atoms with E-state index < -0.39 is 0 Å². The second-order valence-corrected chi connectivity index (χ2v) is 5.84. The van der Waals surface area contributed by atoms with Crippen LogP contribution in [0.2, 0.25) is 0 Å². The lowest BCUT2D eigenvalue weighted by Crippen LogP contribution is -2.46. The maximum atomic E-state index is 6.31. The van der Waals surface area contributed by atoms with Gasteiger partial charge in [0.05, 0.1) is 6.61 Å². The molecule has 102 valence electrons. The Morgan fingerprint density at radius 3 is 2.59 bits per heavy atom. The fraction of sp³-hybridized carbons (Fsp3) is 1.00. The minimum Gasteiger partial charge on any atom is -0.380 e. The molecule has 2 N–H and O–H groups in total. The monoisotopic (exact) mass is 242 g/mol. The Morgan fingerprint density at radius 2 is 2.00 bits per heavy atom. The Labute approximate surface area is 107 Å². The average Bonchev–Trinajstić information content (AvgIpc) is 2.24. The van der Waals surface area contributed by atoms with Crippen LogP contribution in [0.5, 0.6) is 0 Å². The van der Waals surface area contributed by atoms with Gasteiger partial charge >= 0.3 is 0 Å². The summed E-state index contributed by atoms with van der Waals surface area (Å²) in [7, 11) is 2.18. The van der Waals surface area contributed by atoms with Crippen LogP contribution in [0.25, 0.3) is 0 Å². The van der Waals surface area contributed by atoms with Crippen molar-refractivity contribution in [3.05, 3.63) is 0 Å². The summed E-state index contributed by atoms with van der Waals surface area (Å²) in [4.78, 5) is 2.37. The van der Waals surface area contributed by atoms with Crippen LogP contribution in [0.1, 0.15) is 33.6 Å². The summed E-state index contributed by atoms with van der Waals surface area (Å²) in [5.74, 6) is 2.20. The van der Waals surface area contributed by atoms with Crippen molar-refractivity contribution >= 4 is 0 Å². The van der Waals surface area contributed by atoms with Crippen molar-refractivity contribution in [2.75, 3.05) is 33.4 Å². The Bertz CT molecular complexity index is 198. The summed E-state index contributed by atoms with van der Waals surface area (Å²) in [5.41, 5.74) is 6.31. The van der Waals surface area contributed by atoms with Gasteiger partial charge in [-0.2, -0.15) is 0 Å². The van der Waals surface area contributed by atoms with Crippen molar-refractivity contribution < 1.29 is 4.74 Å². The predicted molar refractivity (Wildman–Crippen MR) is 73.0 cm³/mol. The van der Waals surface area contributed by atoms with E-state index >= 15 is 0 Å². The third kappa shape index (κ3) is 4.94. The average molecular weight is 242 g/mol. The number of rotatable bonds is 6. The van der Waals surface area contributed by atoms with Crippen molar-refractivity contribution in [2.24, 2.45) is 23.5 Å². The highest BCUT2D eigenvalue weighted by atomic mass is 16.5. The van der Waals surface area contributed by atoms with Crippen LogP contribution in [0.15, 0.2) is 0 Å². The van der Waals surface area contributed by atoms with Crippen LogP contribution < -0.4 is 5.73 Å². The van der Waals surface area contributed by atoms with E-state index in [2.05, 4.69) is 25.8 Å². The molecule has 4 atom stereocenters. The number of likely N-dealkylation sites (N-methyl/N-ethyl adjacent to an activating group) is 1. The Morgan fingerprint density at radius 1 is 1.29 bits per heavy atom. The first kappa shape index (κ1) is 14.9. The van der Waals surface area contributed by atoms with Crippen LogP contribution in [0.3, 0.4) is 0 Å². The molecule has 0 spiro atoms. The molecule has 0 amide bonds. The first-order chi connectivity index (χ1) is 8.04. The van der Waals surface area contributed by atoms with E-state index in [1.165, 1.54) is 12.8 Å². The van der Waals surface area contributed by atoms with Gasteiger partial charge in [-0.1, -0.05) is 13.8 Å². The SMILES string of the molecule is CCOCCN(C)CC1C(C)CC(C)CC1N. The minimum absolute atomic E-state index is 0.378. The number of ether oxygens (including phenoxy) is 1. The standard InChI is InChI=1S/C14H30N2O/c1-5-17-7-6-16(4)10-13-12(3)8-11(2)9-14(13)15/h11-14H,5-10,15H2,1-4H3. The molecule has 0 aliphatic heterocycles. The van der Waals surface area contributed by atoms with E-state index in [9.17, 15) is 0 Å². The predicted octanol–water partition coefficient (Wildman–Crippen LogP) is 1.96. The molecule has 1 saturated carbocycles. The lowest BCUT2D eigenvalue weighted by atomic mass is 9.72. The van der Waals surface area contributed by atoms with E-state index in [4.69, 9.17) is 10.5 Å².